The quantitative estimate of drug-likeness (QED) is 0.281. The summed E-state index contributed by atoms with van der Waals surface area (Å²) in [6, 6.07) is 6.54. The predicted molar refractivity (Wildman–Crippen MR) is 156 cm³/mol. The molecule has 248 valence electrons. The minimum Gasteiger partial charge on any atom is -0.497 e. The third-order valence-corrected chi connectivity index (χ3v) is 8.08. The number of amides is 2. The second-order valence-corrected chi connectivity index (χ2v) is 11.2. The van der Waals surface area contributed by atoms with Crippen molar-refractivity contribution in [3.8, 4) is 17.2 Å². The van der Waals surface area contributed by atoms with E-state index in [1.54, 1.807) is 35.0 Å². The Hall–Kier alpha value is -5.34. The molecule has 3 aromatic rings. The second-order valence-electron chi connectivity index (χ2n) is 11.2. The van der Waals surface area contributed by atoms with E-state index < -0.39 is 83.9 Å². The fraction of sp³-hybridized carbons (Fsp3) is 0.344. The van der Waals surface area contributed by atoms with Gasteiger partial charge in [-0.15, -0.1) is 0 Å². The van der Waals surface area contributed by atoms with Crippen molar-refractivity contribution in [1.29, 1.82) is 0 Å². The van der Waals surface area contributed by atoms with Crippen molar-refractivity contribution < 1.29 is 56.5 Å². The number of nitrogens with zero attached hydrogens (tertiary/aromatic N) is 1. The normalized spacial score (nSPS) is 19.1. The molecule has 0 saturated carbocycles. The van der Waals surface area contributed by atoms with Gasteiger partial charge in [0, 0.05) is 43.0 Å². The number of ether oxygens (including phenoxy) is 3. The third-order valence-electron chi connectivity index (χ3n) is 8.08. The molecular weight excluding hydrogens is 627 g/mol. The zero-order valence-corrected chi connectivity index (χ0v) is 25.0. The van der Waals surface area contributed by atoms with Gasteiger partial charge in [0.05, 0.1) is 25.4 Å². The molecule has 15 heteroatoms. The standard InChI is InChI=1S/C32H30F3N3O9/c1-45-19-3-5-20(6-4-19)47-32(44)37-23-7-2-16-8-9-38-14-17(10-25(39)28(23)29(16)38)31(43)36-24(13-27(41)42)26(40)15-46-30-21(34)11-18(33)12-22(30)35/h3-6,8-9,11-12,17,23-24,28H,2,7,10,13-15H2,1H3,(H,36,43)(H,37,44)(H,41,42). The first-order valence-corrected chi connectivity index (χ1v) is 14.6. The van der Waals surface area contributed by atoms with Crippen molar-refractivity contribution in [3.63, 3.8) is 0 Å². The molecule has 4 atom stereocenters. The number of hydrogen-bond donors (Lipinski definition) is 3. The number of methoxy groups -OCH3 is 1. The fourth-order valence-corrected chi connectivity index (χ4v) is 5.88. The van der Waals surface area contributed by atoms with E-state index in [0.717, 1.165) is 5.56 Å². The summed E-state index contributed by atoms with van der Waals surface area (Å²) in [6.45, 7) is -1.02. The van der Waals surface area contributed by atoms with Gasteiger partial charge >= 0.3 is 12.1 Å². The average molecular weight is 658 g/mol. The van der Waals surface area contributed by atoms with Gasteiger partial charge in [-0.25, -0.2) is 18.0 Å². The van der Waals surface area contributed by atoms with E-state index in [9.17, 15) is 42.3 Å². The van der Waals surface area contributed by atoms with Crippen molar-refractivity contribution >= 4 is 29.5 Å². The number of carbonyl (C=O) groups excluding carboxylic acids is 4. The van der Waals surface area contributed by atoms with Gasteiger partial charge in [0.15, 0.2) is 23.2 Å². The van der Waals surface area contributed by atoms with Gasteiger partial charge in [-0.05, 0) is 48.7 Å². The van der Waals surface area contributed by atoms with E-state index in [-0.39, 0.29) is 24.5 Å². The molecular formula is C32H30F3N3O9. The first-order valence-electron chi connectivity index (χ1n) is 14.6. The van der Waals surface area contributed by atoms with E-state index >= 15 is 0 Å². The van der Waals surface area contributed by atoms with Crippen LogP contribution in [-0.2, 0) is 32.1 Å². The Labute approximate surface area is 265 Å². The van der Waals surface area contributed by atoms with E-state index in [2.05, 4.69) is 10.6 Å². The van der Waals surface area contributed by atoms with Crippen molar-refractivity contribution in [2.75, 3.05) is 13.7 Å². The van der Waals surface area contributed by atoms with Crippen LogP contribution in [-0.4, -0.2) is 65.0 Å². The molecule has 2 amide bonds. The van der Waals surface area contributed by atoms with Gasteiger partial charge < -0.3 is 34.5 Å². The molecule has 3 N–H and O–H groups in total. The summed E-state index contributed by atoms with van der Waals surface area (Å²) in [6.07, 6.45) is 0.736. The van der Waals surface area contributed by atoms with Gasteiger partial charge in [0.25, 0.3) is 0 Å². The minimum atomic E-state index is -1.67. The molecule has 1 aliphatic heterocycles. The van der Waals surface area contributed by atoms with Crippen molar-refractivity contribution in [1.82, 2.24) is 15.2 Å². The van der Waals surface area contributed by atoms with Gasteiger partial charge in [-0.1, -0.05) is 0 Å². The molecule has 0 fully saturated rings. The maximum absolute atomic E-state index is 14.0. The van der Waals surface area contributed by atoms with E-state index in [1.165, 1.54) is 7.11 Å². The predicted octanol–water partition coefficient (Wildman–Crippen LogP) is 3.30. The lowest BCUT2D eigenvalue weighted by atomic mass is 9.79. The number of rotatable bonds is 11. The SMILES string of the molecule is COc1ccc(OC(=O)NC2CCc3ccn4c3C2C(=O)CC(C(=O)NC(CC(=O)O)C(=O)COc2c(F)cc(F)cc2F)C4)cc1. The Morgan fingerprint density at radius 1 is 1.04 bits per heavy atom. The summed E-state index contributed by atoms with van der Waals surface area (Å²) < 4.78 is 58.2. The van der Waals surface area contributed by atoms with Crippen LogP contribution in [0, 0.1) is 23.4 Å². The highest BCUT2D eigenvalue weighted by Crippen LogP contribution is 2.38. The molecule has 1 aromatic heterocycles. The molecule has 1 aliphatic carbocycles. The number of aryl methyl sites for hydroxylation is 1. The smallest absolute Gasteiger partial charge is 0.412 e. The number of hydrogen-bond acceptors (Lipinski definition) is 8. The minimum absolute atomic E-state index is 0.0168. The summed E-state index contributed by atoms with van der Waals surface area (Å²) in [5.74, 6) is -9.73. The summed E-state index contributed by atoms with van der Waals surface area (Å²) >= 11 is 0. The van der Waals surface area contributed by atoms with Gasteiger partial charge in [-0.2, -0.15) is 0 Å². The summed E-state index contributed by atoms with van der Waals surface area (Å²) in [5.41, 5.74) is 1.52. The van der Waals surface area contributed by atoms with Gasteiger partial charge in [-0.3, -0.25) is 19.2 Å². The molecule has 47 heavy (non-hydrogen) atoms. The van der Waals surface area contributed by atoms with Crippen LogP contribution in [0.2, 0.25) is 0 Å². The van der Waals surface area contributed by atoms with E-state index in [0.29, 0.717) is 36.4 Å². The third kappa shape index (κ3) is 7.56. The summed E-state index contributed by atoms with van der Waals surface area (Å²) in [7, 11) is 1.50. The number of aliphatic carboxylic acids is 1. The maximum atomic E-state index is 14.0. The molecule has 2 heterocycles. The fourth-order valence-electron chi connectivity index (χ4n) is 5.88. The van der Waals surface area contributed by atoms with Crippen LogP contribution in [0.3, 0.4) is 0 Å². The maximum Gasteiger partial charge on any atom is 0.412 e. The Bertz CT molecular complexity index is 1690. The van der Waals surface area contributed by atoms with Crippen molar-refractivity contribution in [3.05, 3.63) is 77.4 Å². The number of carbonyl (C=O) groups is 5. The lowest BCUT2D eigenvalue weighted by Gasteiger charge is -2.31. The molecule has 0 bridgehead atoms. The average Bonchev–Trinajstić information content (AvgIpc) is 3.34. The molecule has 12 nitrogen and oxygen atoms in total. The molecule has 4 unspecified atom stereocenters. The Morgan fingerprint density at radius 3 is 2.38 bits per heavy atom. The Balaban J connectivity index is 1.27. The van der Waals surface area contributed by atoms with Crippen molar-refractivity contribution in [2.45, 2.75) is 50.2 Å². The van der Waals surface area contributed by atoms with Crippen molar-refractivity contribution in [2.24, 2.45) is 5.92 Å². The lowest BCUT2D eigenvalue weighted by Crippen LogP contribution is -2.47. The van der Waals surface area contributed by atoms with E-state index in [4.69, 9.17) is 14.2 Å². The largest absolute Gasteiger partial charge is 0.497 e. The number of nitrogens with one attached hydrogen (secondary N) is 2. The van der Waals surface area contributed by atoms with Gasteiger partial charge in [0.1, 0.15) is 35.7 Å². The van der Waals surface area contributed by atoms with Crippen LogP contribution in [0.15, 0.2) is 48.7 Å². The summed E-state index contributed by atoms with van der Waals surface area (Å²) in [4.78, 5) is 64.3. The second kappa shape index (κ2) is 14.0. The molecule has 5 rings (SSSR count). The van der Waals surface area contributed by atoms with Crippen LogP contribution in [0.4, 0.5) is 18.0 Å². The van der Waals surface area contributed by atoms with E-state index in [1.807, 2.05) is 6.07 Å². The summed E-state index contributed by atoms with van der Waals surface area (Å²) in [5, 5.41) is 14.5. The zero-order chi connectivity index (χ0) is 33.8. The monoisotopic (exact) mass is 657 g/mol. The molecule has 2 aliphatic rings. The van der Waals surface area contributed by atoms with Crippen LogP contribution in [0.25, 0.3) is 0 Å². The zero-order valence-electron chi connectivity index (χ0n) is 25.0. The van der Waals surface area contributed by atoms with Gasteiger partial charge in [0.2, 0.25) is 5.91 Å². The molecule has 0 saturated heterocycles. The number of carboxylic acids is 1. The molecule has 0 radical (unpaired) electrons. The Morgan fingerprint density at radius 2 is 1.72 bits per heavy atom. The number of carboxylic acid groups (broad SMARTS) is 1. The number of aromatic nitrogens is 1. The highest BCUT2D eigenvalue weighted by atomic mass is 19.1. The van der Waals surface area contributed by atoms with Crippen LogP contribution >= 0.6 is 0 Å². The van der Waals surface area contributed by atoms with Crippen LogP contribution in [0.5, 0.6) is 17.2 Å². The first kappa shape index (κ1) is 33.0. The topological polar surface area (TPSA) is 162 Å². The first-order chi connectivity index (χ1) is 22.4. The lowest BCUT2D eigenvalue weighted by molar-refractivity contribution is -0.141. The molecule has 0 spiro atoms. The number of halogens is 3. The van der Waals surface area contributed by atoms with Crippen LogP contribution in [0.1, 0.15) is 36.4 Å². The number of Topliss-reactive ketones (excluding diaryl/α,β-unsaturated/α-hetero) is 2. The molecule has 2 aromatic carbocycles. The Kier molecular flexibility index (Phi) is 9.82. The highest BCUT2D eigenvalue weighted by molar-refractivity contribution is 5.96. The highest BCUT2D eigenvalue weighted by Gasteiger charge is 2.43. The van der Waals surface area contributed by atoms with Crippen LogP contribution < -0.4 is 24.8 Å². The number of ketones is 2. The number of benzene rings is 2.